The Morgan fingerprint density at radius 1 is 1.36 bits per heavy atom. The Labute approximate surface area is 156 Å². The summed E-state index contributed by atoms with van der Waals surface area (Å²) in [5.41, 5.74) is 3.50. The number of aryl methyl sites for hydroxylation is 1. The fourth-order valence-electron chi connectivity index (χ4n) is 2.93. The molecule has 1 atom stereocenters. The van der Waals surface area contributed by atoms with Crippen molar-refractivity contribution in [1.29, 1.82) is 0 Å². The minimum atomic E-state index is -3.86. The first kappa shape index (κ1) is 18.4. The van der Waals surface area contributed by atoms with Crippen LogP contribution in [0.3, 0.4) is 0 Å². The molecule has 25 heavy (non-hydrogen) atoms. The minimum absolute atomic E-state index is 0.00318. The van der Waals surface area contributed by atoms with Crippen molar-refractivity contribution < 1.29 is 13.2 Å². The van der Waals surface area contributed by atoms with Crippen LogP contribution in [0.1, 0.15) is 39.9 Å². The Hall–Kier alpha value is -1.41. The number of sulfonamides is 1. The van der Waals surface area contributed by atoms with Gasteiger partial charge >= 0.3 is 0 Å². The van der Waals surface area contributed by atoms with Gasteiger partial charge in [-0.1, -0.05) is 31.0 Å². The molecule has 0 saturated carbocycles. The van der Waals surface area contributed by atoms with Crippen LogP contribution in [-0.4, -0.2) is 14.3 Å². The molecule has 3 rings (SSSR count). The van der Waals surface area contributed by atoms with Crippen molar-refractivity contribution in [3.8, 4) is 0 Å². The van der Waals surface area contributed by atoms with E-state index in [1.54, 1.807) is 6.07 Å². The molecule has 0 spiro atoms. The monoisotopic (exact) mass is 398 g/mol. The van der Waals surface area contributed by atoms with Gasteiger partial charge in [0.05, 0.1) is 9.77 Å². The Morgan fingerprint density at radius 3 is 2.88 bits per heavy atom. The summed E-state index contributed by atoms with van der Waals surface area (Å²) in [5.74, 6) is 0.220. The number of rotatable bonds is 5. The second-order valence-corrected chi connectivity index (χ2v) is 9.35. The molecule has 5 nitrogen and oxygen atoms in total. The number of thiophene rings is 1. The largest absolute Gasteiger partial charge is 0.276 e. The molecule has 0 aliphatic heterocycles. The third-order valence-electron chi connectivity index (χ3n) is 4.39. The lowest BCUT2D eigenvalue weighted by molar-refractivity contribution is 0.0949. The van der Waals surface area contributed by atoms with Gasteiger partial charge in [-0.25, -0.2) is 8.42 Å². The maximum Gasteiger partial charge on any atom is 0.276 e. The van der Waals surface area contributed by atoms with Gasteiger partial charge in [-0.3, -0.25) is 10.2 Å². The molecule has 134 valence electrons. The molecule has 0 saturated heterocycles. The highest BCUT2D eigenvalue weighted by Gasteiger charge is 2.23. The van der Waals surface area contributed by atoms with Gasteiger partial charge in [0.15, 0.2) is 0 Å². The first-order valence-electron chi connectivity index (χ1n) is 8.08. The summed E-state index contributed by atoms with van der Waals surface area (Å²) < 4.78 is 24.4. The number of hydrazine groups is 1. The predicted molar refractivity (Wildman–Crippen MR) is 99.4 cm³/mol. The van der Waals surface area contributed by atoms with Crippen LogP contribution < -0.4 is 10.3 Å². The fourth-order valence-corrected chi connectivity index (χ4v) is 5.17. The lowest BCUT2D eigenvalue weighted by Crippen LogP contribution is -2.41. The van der Waals surface area contributed by atoms with Crippen molar-refractivity contribution in [2.24, 2.45) is 5.92 Å². The van der Waals surface area contributed by atoms with E-state index in [0.29, 0.717) is 15.8 Å². The van der Waals surface area contributed by atoms with Crippen molar-refractivity contribution in [1.82, 2.24) is 10.3 Å². The van der Waals surface area contributed by atoms with Crippen molar-refractivity contribution in [2.75, 3.05) is 0 Å². The van der Waals surface area contributed by atoms with Crippen molar-refractivity contribution in [3.63, 3.8) is 0 Å². The van der Waals surface area contributed by atoms with E-state index in [4.69, 9.17) is 11.6 Å². The number of hydrogen-bond acceptors (Lipinski definition) is 4. The highest BCUT2D eigenvalue weighted by molar-refractivity contribution is 7.89. The average molecular weight is 399 g/mol. The SMILES string of the molecule is CC[C@H]1CCc2sc(C(=O)NNS(=O)(=O)c3cccc(Cl)c3)cc2C1. The van der Waals surface area contributed by atoms with Gasteiger partial charge in [0.25, 0.3) is 15.9 Å². The Balaban J connectivity index is 1.68. The fraction of sp³-hybridized carbons (Fsp3) is 0.353. The van der Waals surface area contributed by atoms with Gasteiger partial charge in [-0.15, -0.1) is 16.2 Å². The maximum absolute atomic E-state index is 12.3. The molecule has 1 aromatic carbocycles. The molecule has 0 radical (unpaired) electrons. The van der Waals surface area contributed by atoms with E-state index < -0.39 is 15.9 Å². The van der Waals surface area contributed by atoms with Crippen LogP contribution >= 0.6 is 22.9 Å². The number of fused-ring (bicyclic) bond motifs is 1. The maximum atomic E-state index is 12.3. The zero-order valence-electron chi connectivity index (χ0n) is 13.7. The molecule has 0 unspecified atom stereocenters. The van der Waals surface area contributed by atoms with Crippen LogP contribution in [0.25, 0.3) is 0 Å². The average Bonchev–Trinajstić information content (AvgIpc) is 3.03. The summed E-state index contributed by atoms with van der Waals surface area (Å²) in [4.78, 5) is 16.2. The second-order valence-electron chi connectivity index (χ2n) is 6.09. The quantitative estimate of drug-likeness (QED) is 0.756. The topological polar surface area (TPSA) is 75.3 Å². The summed E-state index contributed by atoms with van der Waals surface area (Å²) in [6.45, 7) is 2.18. The number of carbonyl (C=O) groups is 1. The molecule has 1 aromatic heterocycles. The van der Waals surface area contributed by atoms with Gasteiger partial charge in [-0.05, 0) is 55.0 Å². The normalized spacial score (nSPS) is 17.1. The molecular weight excluding hydrogens is 380 g/mol. The smallest absolute Gasteiger partial charge is 0.273 e. The van der Waals surface area contributed by atoms with Gasteiger partial charge < -0.3 is 0 Å². The van der Waals surface area contributed by atoms with Gasteiger partial charge in [0, 0.05) is 9.90 Å². The van der Waals surface area contributed by atoms with Gasteiger partial charge in [0.1, 0.15) is 0 Å². The third-order valence-corrected chi connectivity index (χ3v) is 7.11. The molecule has 2 aromatic rings. The van der Waals surface area contributed by atoms with Crippen LogP contribution in [0, 0.1) is 5.92 Å². The van der Waals surface area contributed by atoms with E-state index in [1.807, 2.05) is 6.07 Å². The number of hydrogen-bond donors (Lipinski definition) is 2. The minimum Gasteiger partial charge on any atom is -0.273 e. The molecule has 1 aliphatic rings. The van der Waals surface area contributed by atoms with Crippen LogP contribution in [0.2, 0.25) is 5.02 Å². The lowest BCUT2D eigenvalue weighted by atomic mass is 9.87. The first-order chi connectivity index (χ1) is 11.9. The molecule has 8 heteroatoms. The summed E-state index contributed by atoms with van der Waals surface area (Å²) in [6, 6.07) is 7.74. The standard InChI is InChI=1S/C17H19ClN2O3S2/c1-2-11-6-7-15-12(8-11)9-16(24-15)17(21)19-20-25(22,23)14-5-3-4-13(18)10-14/h3-5,9-11,20H,2,6-8H2,1H3,(H,19,21)/t11-/m0/s1. The van der Waals surface area contributed by atoms with Crippen LogP contribution in [-0.2, 0) is 22.9 Å². The Morgan fingerprint density at radius 2 is 2.16 bits per heavy atom. The molecule has 0 bridgehead atoms. The van der Waals surface area contributed by atoms with E-state index in [1.165, 1.54) is 40.0 Å². The zero-order valence-corrected chi connectivity index (χ0v) is 16.1. The first-order valence-corrected chi connectivity index (χ1v) is 10.8. The highest BCUT2D eigenvalue weighted by Crippen LogP contribution is 2.33. The van der Waals surface area contributed by atoms with Gasteiger partial charge in [0.2, 0.25) is 0 Å². The van der Waals surface area contributed by atoms with Crippen molar-refractivity contribution >= 4 is 38.9 Å². The molecule has 1 heterocycles. The van der Waals surface area contributed by atoms with E-state index in [0.717, 1.165) is 25.7 Å². The van der Waals surface area contributed by atoms with Crippen molar-refractivity contribution in [2.45, 2.75) is 37.5 Å². The molecular formula is C17H19ClN2O3S2. The summed E-state index contributed by atoms with van der Waals surface area (Å²) in [5, 5.41) is 0.311. The molecule has 1 amide bonds. The summed E-state index contributed by atoms with van der Waals surface area (Å²) in [6.07, 6.45) is 4.26. The van der Waals surface area contributed by atoms with E-state index >= 15 is 0 Å². The predicted octanol–water partition coefficient (Wildman–Crippen LogP) is 3.54. The molecule has 2 N–H and O–H groups in total. The number of nitrogens with one attached hydrogen (secondary N) is 2. The van der Waals surface area contributed by atoms with E-state index in [9.17, 15) is 13.2 Å². The highest BCUT2D eigenvalue weighted by atomic mass is 35.5. The second kappa shape index (κ2) is 7.45. The third kappa shape index (κ3) is 4.23. The van der Waals surface area contributed by atoms with Crippen molar-refractivity contribution in [3.05, 3.63) is 50.7 Å². The molecule has 0 fully saturated rings. The van der Waals surface area contributed by atoms with Crippen LogP contribution in [0.4, 0.5) is 0 Å². The Kier molecular flexibility index (Phi) is 5.48. The van der Waals surface area contributed by atoms with E-state index in [2.05, 4.69) is 17.2 Å². The zero-order chi connectivity index (χ0) is 18.0. The van der Waals surface area contributed by atoms with E-state index in [-0.39, 0.29) is 4.90 Å². The summed E-state index contributed by atoms with van der Waals surface area (Å²) >= 11 is 7.25. The van der Waals surface area contributed by atoms with Gasteiger partial charge in [-0.2, -0.15) is 0 Å². The lowest BCUT2D eigenvalue weighted by Gasteiger charge is -2.19. The number of carbonyl (C=O) groups excluding carboxylic acids is 1. The van der Waals surface area contributed by atoms with Crippen LogP contribution in [0.15, 0.2) is 35.2 Å². The van der Waals surface area contributed by atoms with Crippen LogP contribution in [0.5, 0.6) is 0 Å². The number of benzene rings is 1. The molecule has 1 aliphatic carbocycles. The number of amides is 1. The summed E-state index contributed by atoms with van der Waals surface area (Å²) in [7, 11) is -3.86. The Bertz CT molecular complexity index is 893. The number of halogens is 1.